The Kier molecular flexibility index (Phi) is 2.24. The molecule has 3 heteroatoms. The SMILES string of the molecule is CC1(C)O[C@@](C)(c2ccccc2)C(=O)C1=O. The lowest BCUT2D eigenvalue weighted by atomic mass is 9.90. The van der Waals surface area contributed by atoms with Crippen LogP contribution in [0, 0.1) is 0 Å². The van der Waals surface area contributed by atoms with Gasteiger partial charge in [-0.1, -0.05) is 30.3 Å². The van der Waals surface area contributed by atoms with Crippen LogP contribution in [-0.2, 0) is 19.9 Å². The molecule has 1 heterocycles. The molecule has 0 spiro atoms. The number of ketones is 2. The first kappa shape index (κ1) is 11.0. The zero-order valence-electron chi connectivity index (χ0n) is 9.61. The van der Waals surface area contributed by atoms with Gasteiger partial charge in [-0.25, -0.2) is 0 Å². The molecule has 0 radical (unpaired) electrons. The van der Waals surface area contributed by atoms with E-state index in [1.165, 1.54) is 0 Å². The largest absolute Gasteiger partial charge is 0.348 e. The van der Waals surface area contributed by atoms with Gasteiger partial charge >= 0.3 is 0 Å². The number of hydrogen-bond donors (Lipinski definition) is 0. The van der Waals surface area contributed by atoms with Crippen molar-refractivity contribution in [1.29, 1.82) is 0 Å². The lowest BCUT2D eigenvalue weighted by Gasteiger charge is -2.25. The summed E-state index contributed by atoms with van der Waals surface area (Å²) in [6.45, 7) is 4.90. The van der Waals surface area contributed by atoms with E-state index in [2.05, 4.69) is 0 Å². The number of carbonyl (C=O) groups excluding carboxylic acids is 2. The zero-order chi connectivity index (χ0) is 12.0. The van der Waals surface area contributed by atoms with E-state index >= 15 is 0 Å². The minimum absolute atomic E-state index is 0.459. The van der Waals surface area contributed by atoms with Crippen molar-refractivity contribution in [2.45, 2.75) is 32.0 Å². The molecule has 0 saturated carbocycles. The van der Waals surface area contributed by atoms with E-state index in [9.17, 15) is 9.59 Å². The van der Waals surface area contributed by atoms with Crippen molar-refractivity contribution in [1.82, 2.24) is 0 Å². The quantitative estimate of drug-likeness (QED) is 0.675. The number of ether oxygens (including phenoxy) is 1. The lowest BCUT2D eigenvalue weighted by Crippen LogP contribution is -2.31. The van der Waals surface area contributed by atoms with Crippen molar-refractivity contribution < 1.29 is 14.3 Å². The Morgan fingerprint density at radius 1 is 0.938 bits per heavy atom. The van der Waals surface area contributed by atoms with Crippen LogP contribution in [0.5, 0.6) is 0 Å². The van der Waals surface area contributed by atoms with Crippen molar-refractivity contribution in [2.75, 3.05) is 0 Å². The molecule has 0 bridgehead atoms. The maximum absolute atomic E-state index is 12.0. The fraction of sp³-hybridized carbons (Fsp3) is 0.385. The third-order valence-corrected chi connectivity index (χ3v) is 2.97. The van der Waals surface area contributed by atoms with Crippen LogP contribution < -0.4 is 0 Å². The van der Waals surface area contributed by atoms with Gasteiger partial charge in [0.05, 0.1) is 0 Å². The molecule has 3 nitrogen and oxygen atoms in total. The molecule has 2 rings (SSSR count). The van der Waals surface area contributed by atoms with Crippen molar-refractivity contribution in [3.8, 4) is 0 Å². The third-order valence-electron chi connectivity index (χ3n) is 2.97. The molecular weight excluding hydrogens is 204 g/mol. The molecule has 0 aliphatic carbocycles. The summed E-state index contributed by atoms with van der Waals surface area (Å²) >= 11 is 0. The second-order valence-corrected chi connectivity index (χ2v) is 4.67. The summed E-state index contributed by atoms with van der Waals surface area (Å²) in [5.41, 5.74) is -1.44. The Labute approximate surface area is 94.4 Å². The van der Waals surface area contributed by atoms with Crippen LogP contribution in [0.1, 0.15) is 26.3 Å². The smallest absolute Gasteiger partial charge is 0.237 e. The Hall–Kier alpha value is -1.48. The lowest BCUT2D eigenvalue weighted by molar-refractivity contribution is -0.138. The summed E-state index contributed by atoms with van der Waals surface area (Å²) in [5, 5.41) is 0. The van der Waals surface area contributed by atoms with Gasteiger partial charge in [-0.3, -0.25) is 9.59 Å². The molecule has 16 heavy (non-hydrogen) atoms. The van der Waals surface area contributed by atoms with E-state index in [0.717, 1.165) is 5.56 Å². The van der Waals surface area contributed by atoms with Gasteiger partial charge in [0.1, 0.15) is 5.60 Å². The number of rotatable bonds is 1. The van der Waals surface area contributed by atoms with Gasteiger partial charge < -0.3 is 4.74 Å². The highest BCUT2D eigenvalue weighted by Gasteiger charge is 2.56. The zero-order valence-corrected chi connectivity index (χ0v) is 9.61. The Bertz CT molecular complexity index is 448. The Morgan fingerprint density at radius 2 is 1.50 bits per heavy atom. The van der Waals surface area contributed by atoms with Crippen LogP contribution in [0.4, 0.5) is 0 Å². The molecule has 0 aromatic heterocycles. The van der Waals surface area contributed by atoms with Crippen LogP contribution >= 0.6 is 0 Å². The molecule has 1 aliphatic heterocycles. The Morgan fingerprint density at radius 3 is 1.94 bits per heavy atom. The molecule has 0 unspecified atom stereocenters. The van der Waals surface area contributed by atoms with E-state index in [1.54, 1.807) is 32.9 Å². The van der Waals surface area contributed by atoms with Crippen molar-refractivity contribution in [3.05, 3.63) is 35.9 Å². The summed E-state index contributed by atoms with van der Waals surface area (Å²) in [4.78, 5) is 23.7. The van der Waals surface area contributed by atoms with Crippen LogP contribution in [0.15, 0.2) is 30.3 Å². The van der Waals surface area contributed by atoms with E-state index < -0.39 is 22.8 Å². The second kappa shape index (κ2) is 3.25. The predicted molar refractivity (Wildman–Crippen MR) is 59.0 cm³/mol. The first-order chi connectivity index (χ1) is 7.38. The summed E-state index contributed by atoms with van der Waals surface area (Å²) in [6.07, 6.45) is 0. The minimum atomic E-state index is -1.14. The van der Waals surface area contributed by atoms with Crippen LogP contribution in [0.25, 0.3) is 0 Å². The molecule has 1 aliphatic rings. The van der Waals surface area contributed by atoms with Crippen molar-refractivity contribution in [2.24, 2.45) is 0 Å². The predicted octanol–water partition coefficient (Wildman–Crippen LogP) is 1.85. The van der Waals surface area contributed by atoms with E-state index in [1.807, 2.05) is 18.2 Å². The van der Waals surface area contributed by atoms with Gasteiger partial charge in [-0.15, -0.1) is 0 Å². The standard InChI is InChI=1S/C13H14O3/c1-12(2)10(14)11(15)13(3,16-12)9-7-5-4-6-8-9/h4-8H,1-3H3/t13-/m0/s1. The number of benzene rings is 1. The molecule has 1 aromatic carbocycles. The van der Waals surface area contributed by atoms with Gasteiger partial charge in [0.25, 0.3) is 0 Å². The van der Waals surface area contributed by atoms with Crippen LogP contribution in [0.2, 0.25) is 0 Å². The second-order valence-electron chi connectivity index (χ2n) is 4.67. The molecule has 1 aromatic rings. The highest BCUT2D eigenvalue weighted by atomic mass is 16.5. The van der Waals surface area contributed by atoms with Crippen LogP contribution in [0.3, 0.4) is 0 Å². The molecular formula is C13H14O3. The summed E-state index contributed by atoms with van der Waals surface area (Å²) in [6, 6.07) is 9.11. The van der Waals surface area contributed by atoms with Gasteiger partial charge in [0.15, 0.2) is 5.60 Å². The van der Waals surface area contributed by atoms with E-state index in [0.29, 0.717) is 0 Å². The van der Waals surface area contributed by atoms with Gasteiger partial charge in [0, 0.05) is 0 Å². The molecule has 84 valence electrons. The highest BCUT2D eigenvalue weighted by molar-refractivity contribution is 6.44. The molecule has 0 amide bonds. The van der Waals surface area contributed by atoms with Crippen molar-refractivity contribution in [3.63, 3.8) is 0 Å². The van der Waals surface area contributed by atoms with E-state index in [4.69, 9.17) is 4.74 Å². The van der Waals surface area contributed by atoms with Gasteiger partial charge in [0.2, 0.25) is 11.6 Å². The monoisotopic (exact) mass is 218 g/mol. The Balaban J connectivity index is 2.50. The van der Waals surface area contributed by atoms with Gasteiger partial charge in [-0.05, 0) is 26.3 Å². The van der Waals surface area contributed by atoms with Gasteiger partial charge in [-0.2, -0.15) is 0 Å². The summed E-state index contributed by atoms with van der Waals surface area (Å²) in [7, 11) is 0. The topological polar surface area (TPSA) is 43.4 Å². The number of hydrogen-bond acceptors (Lipinski definition) is 3. The normalized spacial score (nSPS) is 28.4. The maximum atomic E-state index is 12.0. The minimum Gasteiger partial charge on any atom is -0.348 e. The molecule has 1 fully saturated rings. The molecule has 1 saturated heterocycles. The maximum Gasteiger partial charge on any atom is 0.237 e. The van der Waals surface area contributed by atoms with E-state index in [-0.39, 0.29) is 0 Å². The first-order valence-electron chi connectivity index (χ1n) is 5.23. The average molecular weight is 218 g/mol. The average Bonchev–Trinajstić information content (AvgIpc) is 2.42. The van der Waals surface area contributed by atoms with Crippen LogP contribution in [-0.4, -0.2) is 17.2 Å². The van der Waals surface area contributed by atoms with Crippen molar-refractivity contribution >= 4 is 11.6 Å². The third kappa shape index (κ3) is 1.39. The first-order valence-corrected chi connectivity index (χ1v) is 5.23. The summed E-state index contributed by atoms with van der Waals surface area (Å²) in [5.74, 6) is -0.928. The summed E-state index contributed by atoms with van der Waals surface area (Å²) < 4.78 is 5.65. The molecule has 1 atom stereocenters. The number of carbonyl (C=O) groups is 2. The highest BCUT2D eigenvalue weighted by Crippen LogP contribution is 2.39. The fourth-order valence-corrected chi connectivity index (χ4v) is 2.04. The number of Topliss-reactive ketones (excluding diaryl/α,β-unsaturated/α-hetero) is 2. The fourth-order valence-electron chi connectivity index (χ4n) is 2.04. The molecule has 0 N–H and O–H groups in total.